The molecule has 1 atom stereocenters. The van der Waals surface area contributed by atoms with E-state index in [-0.39, 0.29) is 28.8 Å². The molecule has 0 aliphatic rings. The number of amides is 2. The van der Waals surface area contributed by atoms with Crippen LogP contribution < -0.4 is 23.8 Å². The van der Waals surface area contributed by atoms with E-state index in [0.29, 0.717) is 24.7 Å². The molecule has 3 rings (SSSR count). The van der Waals surface area contributed by atoms with Crippen molar-refractivity contribution >= 4 is 27.5 Å². The SMILES string of the molecule is CCCNC(=O)[C@H](C)N(Cc1ccc(C)cc1)C(=O)CN(c1ccc(OCC)cc1)S(=O)(=O)c1ccc(OC)c(OC)c1. The quantitative estimate of drug-likeness (QED) is 0.268. The summed E-state index contributed by atoms with van der Waals surface area (Å²) in [5.74, 6) is 0.281. The van der Waals surface area contributed by atoms with E-state index in [1.807, 2.05) is 45.0 Å². The Hall–Kier alpha value is -4.25. The molecule has 10 nitrogen and oxygen atoms in total. The van der Waals surface area contributed by atoms with E-state index in [1.54, 1.807) is 31.2 Å². The zero-order valence-corrected chi connectivity index (χ0v) is 26.4. The lowest BCUT2D eigenvalue weighted by Gasteiger charge is -2.32. The zero-order chi connectivity index (χ0) is 31.6. The number of anilines is 1. The fourth-order valence-electron chi connectivity index (χ4n) is 4.38. The molecule has 2 amide bonds. The Morgan fingerprint density at radius 3 is 2.14 bits per heavy atom. The zero-order valence-electron chi connectivity index (χ0n) is 25.6. The number of carbonyl (C=O) groups is 2. The molecule has 1 N–H and O–H groups in total. The second kappa shape index (κ2) is 15.3. The highest BCUT2D eigenvalue weighted by Crippen LogP contribution is 2.33. The molecular weight excluding hydrogens is 570 g/mol. The first-order valence-corrected chi connectivity index (χ1v) is 15.6. The monoisotopic (exact) mass is 611 g/mol. The number of ether oxygens (including phenoxy) is 3. The molecule has 0 radical (unpaired) electrons. The van der Waals surface area contributed by atoms with Gasteiger partial charge in [-0.2, -0.15) is 0 Å². The normalized spacial score (nSPS) is 11.8. The lowest BCUT2D eigenvalue weighted by Crippen LogP contribution is -2.51. The Bertz CT molecular complexity index is 1480. The van der Waals surface area contributed by atoms with E-state index in [4.69, 9.17) is 14.2 Å². The summed E-state index contributed by atoms with van der Waals surface area (Å²) < 4.78 is 45.5. The summed E-state index contributed by atoms with van der Waals surface area (Å²) in [6.45, 7) is 7.85. The number of benzene rings is 3. The predicted octanol–water partition coefficient (Wildman–Crippen LogP) is 4.55. The van der Waals surface area contributed by atoms with Crippen molar-refractivity contribution < 1.29 is 32.2 Å². The van der Waals surface area contributed by atoms with Crippen LogP contribution in [0.15, 0.2) is 71.6 Å². The summed E-state index contributed by atoms with van der Waals surface area (Å²) >= 11 is 0. The molecule has 43 heavy (non-hydrogen) atoms. The van der Waals surface area contributed by atoms with Gasteiger partial charge >= 0.3 is 0 Å². The maximum absolute atomic E-state index is 14.2. The molecule has 3 aromatic carbocycles. The minimum atomic E-state index is -4.30. The van der Waals surface area contributed by atoms with Gasteiger partial charge in [0.1, 0.15) is 18.3 Å². The van der Waals surface area contributed by atoms with Crippen LogP contribution >= 0.6 is 0 Å². The van der Waals surface area contributed by atoms with Gasteiger partial charge in [0.2, 0.25) is 11.8 Å². The van der Waals surface area contributed by atoms with Gasteiger partial charge in [-0.05, 0) is 69.2 Å². The first-order chi connectivity index (χ1) is 20.5. The molecule has 0 bridgehead atoms. The number of aryl methyl sites for hydroxylation is 1. The number of hydrogen-bond donors (Lipinski definition) is 1. The Morgan fingerprint density at radius 2 is 1.56 bits per heavy atom. The molecule has 232 valence electrons. The van der Waals surface area contributed by atoms with Gasteiger partial charge < -0.3 is 24.4 Å². The van der Waals surface area contributed by atoms with E-state index >= 15 is 0 Å². The summed E-state index contributed by atoms with van der Waals surface area (Å²) in [4.78, 5) is 28.4. The molecule has 0 spiro atoms. The van der Waals surface area contributed by atoms with Crippen LogP contribution in [0, 0.1) is 6.92 Å². The standard InChI is InChI=1S/C32H41N3O7S/c1-7-19-33-32(37)24(4)34(21-25-11-9-23(3)10-12-25)31(36)22-35(26-13-15-27(16-14-26)42-8-2)43(38,39)28-17-18-29(40-5)30(20-28)41-6/h9-18,20,24H,7-8,19,21-22H2,1-6H3,(H,33,37)/t24-/m0/s1. The molecule has 0 heterocycles. The van der Waals surface area contributed by atoms with Crippen LogP contribution in [-0.2, 0) is 26.2 Å². The van der Waals surface area contributed by atoms with Gasteiger partial charge in [0.05, 0.1) is 31.4 Å². The van der Waals surface area contributed by atoms with E-state index < -0.39 is 28.5 Å². The summed E-state index contributed by atoms with van der Waals surface area (Å²) in [6.07, 6.45) is 0.736. The van der Waals surface area contributed by atoms with Gasteiger partial charge in [0.15, 0.2) is 11.5 Å². The van der Waals surface area contributed by atoms with Crippen molar-refractivity contribution in [3.05, 3.63) is 77.9 Å². The van der Waals surface area contributed by atoms with Crippen LogP contribution in [0.4, 0.5) is 5.69 Å². The topological polar surface area (TPSA) is 114 Å². The van der Waals surface area contributed by atoms with Gasteiger partial charge in [-0.1, -0.05) is 36.8 Å². The lowest BCUT2D eigenvalue weighted by molar-refractivity contribution is -0.139. The van der Waals surface area contributed by atoms with Crippen LogP contribution in [0.25, 0.3) is 0 Å². The minimum absolute atomic E-state index is 0.0920. The van der Waals surface area contributed by atoms with E-state index in [0.717, 1.165) is 21.9 Å². The highest BCUT2D eigenvalue weighted by atomic mass is 32.2. The second-order valence-corrected chi connectivity index (χ2v) is 11.8. The molecule has 3 aromatic rings. The van der Waals surface area contributed by atoms with E-state index in [2.05, 4.69) is 5.32 Å². The highest BCUT2D eigenvalue weighted by Gasteiger charge is 2.33. The molecule has 0 unspecified atom stereocenters. The number of hydrogen-bond acceptors (Lipinski definition) is 7. The Balaban J connectivity index is 2.07. The number of nitrogens with zero attached hydrogens (tertiary/aromatic N) is 2. The molecule has 0 aromatic heterocycles. The fraction of sp³-hybridized carbons (Fsp3) is 0.375. The minimum Gasteiger partial charge on any atom is -0.494 e. The molecule has 11 heteroatoms. The molecular formula is C32H41N3O7S. The summed E-state index contributed by atoms with van der Waals surface area (Å²) in [5, 5.41) is 2.84. The summed E-state index contributed by atoms with van der Waals surface area (Å²) in [7, 11) is -1.43. The average Bonchev–Trinajstić information content (AvgIpc) is 3.01. The smallest absolute Gasteiger partial charge is 0.264 e. The lowest BCUT2D eigenvalue weighted by atomic mass is 10.1. The third-order valence-corrected chi connectivity index (χ3v) is 8.62. The van der Waals surface area contributed by atoms with Crippen molar-refractivity contribution in [2.24, 2.45) is 0 Å². The van der Waals surface area contributed by atoms with Gasteiger partial charge in [-0.3, -0.25) is 13.9 Å². The van der Waals surface area contributed by atoms with E-state index in [1.165, 1.54) is 37.3 Å². The van der Waals surface area contributed by atoms with Gasteiger partial charge in [0, 0.05) is 19.2 Å². The third-order valence-electron chi connectivity index (χ3n) is 6.85. The molecule has 0 saturated heterocycles. The van der Waals surface area contributed by atoms with Gasteiger partial charge in [-0.15, -0.1) is 0 Å². The Labute approximate surface area is 254 Å². The largest absolute Gasteiger partial charge is 0.494 e. The number of sulfonamides is 1. The number of nitrogens with one attached hydrogen (secondary N) is 1. The molecule has 0 aliphatic carbocycles. The number of carbonyl (C=O) groups excluding carboxylic acids is 2. The van der Waals surface area contributed by atoms with Gasteiger partial charge in [-0.25, -0.2) is 8.42 Å². The van der Waals surface area contributed by atoms with Crippen molar-refractivity contribution in [3.8, 4) is 17.2 Å². The Kier molecular flexibility index (Phi) is 11.8. The van der Waals surface area contributed by atoms with Crippen molar-refractivity contribution in [2.75, 3.05) is 38.2 Å². The van der Waals surface area contributed by atoms with Gasteiger partial charge in [0.25, 0.3) is 10.0 Å². The average molecular weight is 612 g/mol. The van der Waals surface area contributed by atoms with Crippen molar-refractivity contribution in [1.82, 2.24) is 10.2 Å². The Morgan fingerprint density at radius 1 is 0.907 bits per heavy atom. The second-order valence-electron chi connectivity index (χ2n) is 9.93. The predicted molar refractivity (Wildman–Crippen MR) is 166 cm³/mol. The molecule has 0 aliphatic heterocycles. The fourth-order valence-corrected chi connectivity index (χ4v) is 5.81. The molecule has 0 fully saturated rings. The molecule has 0 saturated carbocycles. The van der Waals surface area contributed by atoms with Crippen LogP contribution in [0.3, 0.4) is 0 Å². The van der Waals surface area contributed by atoms with Crippen molar-refractivity contribution in [3.63, 3.8) is 0 Å². The third kappa shape index (κ3) is 8.41. The van der Waals surface area contributed by atoms with Crippen LogP contribution in [-0.4, -0.2) is 65.1 Å². The van der Waals surface area contributed by atoms with Crippen LogP contribution in [0.5, 0.6) is 17.2 Å². The maximum Gasteiger partial charge on any atom is 0.264 e. The summed E-state index contributed by atoms with van der Waals surface area (Å²) in [6, 6.07) is 17.5. The van der Waals surface area contributed by atoms with Crippen molar-refractivity contribution in [2.45, 2.75) is 51.6 Å². The first kappa shape index (κ1) is 33.3. The number of rotatable bonds is 15. The first-order valence-electron chi connectivity index (χ1n) is 14.2. The number of methoxy groups -OCH3 is 2. The van der Waals surface area contributed by atoms with Crippen molar-refractivity contribution in [1.29, 1.82) is 0 Å². The highest BCUT2D eigenvalue weighted by molar-refractivity contribution is 7.92. The maximum atomic E-state index is 14.2. The van der Waals surface area contributed by atoms with Crippen LogP contribution in [0.2, 0.25) is 0 Å². The summed E-state index contributed by atoms with van der Waals surface area (Å²) in [5.41, 5.74) is 2.12. The van der Waals surface area contributed by atoms with Crippen LogP contribution in [0.1, 0.15) is 38.3 Å². The van der Waals surface area contributed by atoms with E-state index in [9.17, 15) is 18.0 Å².